The number of nitrogens with one attached hydrogen (secondary N) is 1. The average molecular weight is 528 g/mol. The second-order valence-electron chi connectivity index (χ2n) is 8.24. The minimum atomic E-state index is -3.97. The molecule has 2 aliphatic carbocycles. The Morgan fingerprint density at radius 3 is 2.94 bits per heavy atom. The lowest BCUT2D eigenvalue weighted by Crippen LogP contribution is -2.33. The highest BCUT2D eigenvalue weighted by atomic mass is 32.2. The maximum atomic E-state index is 14.3. The zero-order valence-electron chi connectivity index (χ0n) is 28.4. The summed E-state index contributed by atoms with van der Waals surface area (Å²) in [7, 11) is 0. The molecule has 0 aliphatic heterocycles. The zero-order chi connectivity index (χ0) is 33.6. The molecule has 0 radical (unpaired) electrons. The molecule has 2 fully saturated rings. The van der Waals surface area contributed by atoms with Gasteiger partial charge in [0.2, 0.25) is 0 Å². The molecule has 5 rings (SSSR count). The number of aromatic nitrogens is 5. The van der Waals surface area contributed by atoms with Crippen molar-refractivity contribution in [3.05, 3.63) is 35.1 Å². The van der Waals surface area contributed by atoms with Crippen molar-refractivity contribution in [2.45, 2.75) is 74.4 Å². The van der Waals surface area contributed by atoms with Gasteiger partial charge in [-0.1, -0.05) is 36.0 Å². The van der Waals surface area contributed by atoms with Crippen molar-refractivity contribution in [2.75, 3.05) is 24.2 Å². The van der Waals surface area contributed by atoms with Gasteiger partial charge in [-0.05, 0) is 37.0 Å². The van der Waals surface area contributed by atoms with Crippen LogP contribution in [0.4, 0.5) is 10.2 Å². The Labute approximate surface area is 224 Å². The Bertz CT molecular complexity index is 1650. The minimum Gasteiger partial charge on any atom is -0.394 e. The van der Waals surface area contributed by atoms with E-state index < -0.39 is 67.2 Å². The van der Waals surface area contributed by atoms with Crippen molar-refractivity contribution >= 4 is 28.7 Å². The normalized spacial score (nSPS) is 43.3. The molecule has 4 N–H and O–H groups in total. The minimum absolute atomic E-state index is 0.0382. The Kier molecular flexibility index (Phi) is 4.82. The van der Waals surface area contributed by atoms with Crippen molar-refractivity contribution in [1.29, 1.82) is 0 Å². The highest BCUT2D eigenvalue weighted by Crippen LogP contribution is 2.44. The van der Waals surface area contributed by atoms with E-state index in [0.29, 0.717) is 28.0 Å². The van der Waals surface area contributed by atoms with Gasteiger partial charge in [0.05, 0.1) is 34.9 Å². The predicted octanol–water partition coefficient (Wildman–Crippen LogP) is 2.18. The van der Waals surface area contributed by atoms with Gasteiger partial charge in [0, 0.05) is 26.8 Å². The van der Waals surface area contributed by atoms with Gasteiger partial charge in [0.25, 0.3) is 0 Å². The summed E-state index contributed by atoms with van der Waals surface area (Å²) in [6.07, 6.45) is -14.5. The quantitative estimate of drug-likeness (QED) is 0.229. The maximum absolute atomic E-state index is 14.3. The van der Waals surface area contributed by atoms with E-state index in [2.05, 4.69) is 25.6 Å². The first kappa shape index (κ1) is 16.5. The van der Waals surface area contributed by atoms with Crippen LogP contribution in [0.3, 0.4) is 0 Å². The molecule has 194 valence electrons. The Balaban J connectivity index is 1.63. The van der Waals surface area contributed by atoms with Crippen LogP contribution in [0.2, 0.25) is 0 Å². The highest BCUT2D eigenvalue weighted by molar-refractivity contribution is 7.99. The lowest BCUT2D eigenvalue weighted by atomic mass is 10.1. The molecular weight excluding hydrogens is 487 g/mol. The molecule has 3 aromatic rings. The van der Waals surface area contributed by atoms with Gasteiger partial charge in [0.15, 0.2) is 22.1 Å². The van der Waals surface area contributed by atoms with Gasteiger partial charge in [-0.15, -0.1) is 5.10 Å². The number of halogens is 1. The molecule has 36 heavy (non-hydrogen) atoms. The summed E-state index contributed by atoms with van der Waals surface area (Å²) in [5, 5.41) is 42.3. The van der Waals surface area contributed by atoms with Crippen molar-refractivity contribution in [2.24, 2.45) is 0 Å². The number of benzene rings is 1. The smallest absolute Gasteiger partial charge is 0.191 e. The highest BCUT2D eigenvalue weighted by Gasteiger charge is 2.45. The third-order valence-electron chi connectivity index (χ3n) is 5.67. The van der Waals surface area contributed by atoms with E-state index in [1.807, 2.05) is 6.92 Å². The van der Waals surface area contributed by atoms with Crippen LogP contribution < -0.4 is 5.32 Å². The number of aryl methyl sites for hydroxylation is 1. The van der Waals surface area contributed by atoms with Gasteiger partial charge in [0.1, 0.15) is 18.0 Å². The molecule has 2 aromatic heterocycles. The lowest BCUT2D eigenvalue weighted by Gasteiger charge is -2.17. The molecule has 2 saturated carbocycles. The molecular formula is C24H31FN6O4S. The largest absolute Gasteiger partial charge is 0.394 e. The van der Waals surface area contributed by atoms with Crippen LogP contribution in [0, 0.1) is 12.7 Å². The van der Waals surface area contributed by atoms with E-state index in [0.717, 1.165) is 11.8 Å². The lowest BCUT2D eigenvalue weighted by molar-refractivity contribution is -0.0629. The van der Waals surface area contributed by atoms with Crippen molar-refractivity contribution in [3.8, 4) is 0 Å². The molecule has 0 saturated heterocycles. The first-order valence-electron chi connectivity index (χ1n) is 15.7. The number of thioether (sulfide) groups is 1. The van der Waals surface area contributed by atoms with E-state index in [-0.39, 0.29) is 22.9 Å². The fourth-order valence-electron chi connectivity index (χ4n) is 3.69. The molecule has 6 atom stereocenters. The van der Waals surface area contributed by atoms with E-state index in [1.54, 1.807) is 19.1 Å². The number of hydrogen-bond donors (Lipinski definition) is 4. The van der Waals surface area contributed by atoms with Crippen LogP contribution in [0.1, 0.15) is 61.5 Å². The summed E-state index contributed by atoms with van der Waals surface area (Å²) in [4.78, 5) is 8.72. The second-order valence-corrected chi connectivity index (χ2v) is 9.30. The summed E-state index contributed by atoms with van der Waals surface area (Å²) in [5.41, 5.74) is 0.296. The Hall–Kier alpha value is -2.38. The van der Waals surface area contributed by atoms with Gasteiger partial charge in [-0.2, -0.15) is 0 Å². The van der Waals surface area contributed by atoms with Crippen LogP contribution >= 0.6 is 11.8 Å². The summed E-state index contributed by atoms with van der Waals surface area (Å²) in [6.45, 7) is -1.15. The number of anilines is 1. The summed E-state index contributed by atoms with van der Waals surface area (Å²) < 4.78 is 94.6. The standard InChI is InChI=1S/C24H31FN6O4S/c1-3-8-36-24-27-22(26-16-10-14(16)13-5-4-12(2)15(25)9-13)19-23(28-24)31(30-29-19)17-11-18(35-7-6-32)21(34)20(17)33/h4-5,9,14,16-18,20-21,32-34H,3,6-8,10-11H2,1-2H3,(H,26,27,28)/t14-,16+,17+,18-,20-,21+/m0/s1/i6D2,11D2,16D,17D,18D,20D,21D. The third-order valence-corrected chi connectivity index (χ3v) is 6.72. The third kappa shape index (κ3) is 4.92. The number of aliphatic hydroxyl groups is 3. The second kappa shape index (κ2) is 10.5. The fraction of sp³-hybridized carbons (Fsp3) is 0.583. The molecule has 2 aliphatic rings. The van der Waals surface area contributed by atoms with Crippen LogP contribution in [0.15, 0.2) is 23.4 Å². The van der Waals surface area contributed by atoms with Gasteiger partial charge in [-0.25, -0.2) is 19.0 Å². The average Bonchev–Trinajstić information content (AvgIpc) is 3.39. The molecule has 12 heteroatoms. The fourth-order valence-corrected chi connectivity index (χ4v) is 4.39. The molecule has 0 unspecified atom stereocenters. The summed E-state index contributed by atoms with van der Waals surface area (Å²) >= 11 is 1.14. The molecule has 0 bridgehead atoms. The number of nitrogens with zero attached hydrogens (tertiary/aromatic N) is 5. The van der Waals surface area contributed by atoms with Crippen LogP contribution in [0.5, 0.6) is 0 Å². The number of hydrogen-bond acceptors (Lipinski definition) is 10. The van der Waals surface area contributed by atoms with E-state index in [4.69, 9.17) is 17.1 Å². The molecule has 10 nitrogen and oxygen atoms in total. The first-order valence-corrected chi connectivity index (χ1v) is 12.2. The number of rotatable bonds is 10. The zero-order valence-corrected chi connectivity index (χ0v) is 20.2. The van der Waals surface area contributed by atoms with E-state index in [1.165, 1.54) is 6.07 Å². The van der Waals surface area contributed by atoms with Crippen molar-refractivity contribution < 1.29 is 36.8 Å². The Morgan fingerprint density at radius 1 is 1.36 bits per heavy atom. The van der Waals surface area contributed by atoms with Crippen LogP contribution in [0.25, 0.3) is 11.2 Å². The Morgan fingerprint density at radius 2 is 2.19 bits per heavy atom. The first-order chi connectivity index (χ1) is 20.6. The van der Waals surface area contributed by atoms with E-state index in [9.17, 15) is 19.7 Å². The van der Waals surface area contributed by atoms with Crippen molar-refractivity contribution in [3.63, 3.8) is 0 Å². The monoisotopic (exact) mass is 527 g/mol. The molecule has 2 heterocycles. The van der Waals surface area contributed by atoms with Gasteiger partial charge < -0.3 is 25.4 Å². The van der Waals surface area contributed by atoms with Gasteiger partial charge >= 0.3 is 0 Å². The number of fused-ring (bicyclic) bond motifs is 1. The van der Waals surface area contributed by atoms with Gasteiger partial charge in [-0.3, -0.25) is 0 Å². The topological polar surface area (TPSA) is 138 Å². The van der Waals surface area contributed by atoms with Crippen molar-refractivity contribution in [1.82, 2.24) is 25.0 Å². The number of ether oxygens (including phenoxy) is 1. The van der Waals surface area contributed by atoms with Crippen LogP contribution in [-0.4, -0.2) is 83.5 Å². The molecule has 1 aromatic carbocycles. The van der Waals surface area contributed by atoms with Crippen LogP contribution in [-0.2, 0) is 4.74 Å². The molecule has 0 amide bonds. The summed E-state index contributed by atoms with van der Waals surface area (Å²) in [5.74, 6) is -0.482. The summed E-state index contributed by atoms with van der Waals surface area (Å²) in [6, 6.07) is -0.359. The predicted molar refractivity (Wildman–Crippen MR) is 133 cm³/mol. The maximum Gasteiger partial charge on any atom is 0.191 e. The molecule has 0 spiro atoms. The SMILES string of the molecule is [2H]C([2H])(O)CO[C@@]1([2H])C([2H])([2H])[C@@]([2H])(n2nnc3c(N[C@]4([2H])C[C@H]4c4ccc(C)c(F)c4)nc(SCCC)nc32)[C@]([2H])(O)[C@]1([2H])O. The van der Waals surface area contributed by atoms with E-state index >= 15 is 0 Å².